The average Bonchev–Trinajstić information content (AvgIpc) is 2.95. The molecule has 1 amide bonds. The van der Waals surface area contributed by atoms with E-state index in [1.807, 2.05) is 19.1 Å². The summed E-state index contributed by atoms with van der Waals surface area (Å²) in [5.74, 6) is -0.109. The molecule has 0 aliphatic heterocycles. The van der Waals surface area contributed by atoms with Gasteiger partial charge >= 0.3 is 0 Å². The number of hydrogen-bond donors (Lipinski definition) is 2. The number of carbonyl (C=O) groups excluding carboxylic acids is 1. The van der Waals surface area contributed by atoms with Gasteiger partial charge < -0.3 is 10.6 Å². The molecule has 0 saturated heterocycles. The Hall–Kier alpha value is -1.58. The topological polar surface area (TPSA) is 54.0 Å². The van der Waals surface area contributed by atoms with Crippen LogP contribution in [0.5, 0.6) is 0 Å². The van der Waals surface area contributed by atoms with Crippen LogP contribution in [0.3, 0.4) is 0 Å². The maximum absolute atomic E-state index is 11.8. The van der Waals surface area contributed by atoms with Gasteiger partial charge in [0.2, 0.25) is 0 Å². The van der Waals surface area contributed by atoms with Gasteiger partial charge in [-0.15, -0.1) is 0 Å². The van der Waals surface area contributed by atoms with Gasteiger partial charge in [-0.05, 0) is 43.7 Å². The summed E-state index contributed by atoms with van der Waals surface area (Å²) in [6.07, 6.45) is 8.22. The number of rotatable bonds is 6. The van der Waals surface area contributed by atoms with E-state index in [1.165, 1.54) is 32.1 Å². The smallest absolute Gasteiger partial charge is 0.269 e. The second-order valence-corrected chi connectivity index (χ2v) is 5.70. The van der Waals surface area contributed by atoms with Crippen LogP contribution >= 0.6 is 0 Å². The van der Waals surface area contributed by atoms with Crippen molar-refractivity contribution in [1.29, 1.82) is 0 Å². The summed E-state index contributed by atoms with van der Waals surface area (Å²) in [5.41, 5.74) is 1.91. The summed E-state index contributed by atoms with van der Waals surface area (Å²) in [6.45, 7) is 5.80. The number of amides is 1. The fraction of sp³-hybridized carbons (Fsp3) is 0.625. The van der Waals surface area contributed by atoms with Gasteiger partial charge in [-0.1, -0.05) is 19.8 Å². The summed E-state index contributed by atoms with van der Waals surface area (Å²) < 4.78 is 0. The molecule has 2 N–H and O–H groups in total. The van der Waals surface area contributed by atoms with Gasteiger partial charge in [0.05, 0.1) is 0 Å². The van der Waals surface area contributed by atoms with Gasteiger partial charge in [0.15, 0.2) is 0 Å². The number of aromatic nitrogens is 1. The summed E-state index contributed by atoms with van der Waals surface area (Å²) in [4.78, 5) is 15.9. The normalized spacial score (nSPS) is 16.9. The van der Waals surface area contributed by atoms with Gasteiger partial charge in [0.25, 0.3) is 5.91 Å². The standard InChI is InChI=1S/C16H25N3O/c1-3-16(8-5-6-9-16)12-19-13-7-10-18-14(11-13)15(20)17-4-2/h7,10-11H,3-6,8-9,12H2,1-2H3,(H,17,20)(H,18,19). The zero-order valence-corrected chi connectivity index (χ0v) is 12.5. The van der Waals surface area contributed by atoms with Crippen LogP contribution in [0.2, 0.25) is 0 Å². The predicted octanol–water partition coefficient (Wildman–Crippen LogP) is 3.21. The average molecular weight is 275 g/mol. The Morgan fingerprint density at radius 3 is 2.75 bits per heavy atom. The van der Waals surface area contributed by atoms with Gasteiger partial charge in [-0.25, -0.2) is 0 Å². The number of nitrogens with one attached hydrogen (secondary N) is 2. The minimum Gasteiger partial charge on any atom is -0.384 e. The van der Waals surface area contributed by atoms with Crippen molar-refractivity contribution in [2.45, 2.75) is 46.0 Å². The van der Waals surface area contributed by atoms with E-state index in [2.05, 4.69) is 22.5 Å². The fourth-order valence-electron chi connectivity index (χ4n) is 2.99. The van der Waals surface area contributed by atoms with E-state index in [4.69, 9.17) is 0 Å². The van der Waals surface area contributed by atoms with Crippen molar-refractivity contribution in [3.8, 4) is 0 Å². The first kappa shape index (κ1) is 14.8. The van der Waals surface area contributed by atoms with Crippen LogP contribution in [0, 0.1) is 5.41 Å². The fourth-order valence-corrected chi connectivity index (χ4v) is 2.99. The second kappa shape index (κ2) is 6.73. The molecule has 1 aliphatic rings. The van der Waals surface area contributed by atoms with Gasteiger partial charge in [-0.2, -0.15) is 0 Å². The Morgan fingerprint density at radius 1 is 1.35 bits per heavy atom. The zero-order valence-electron chi connectivity index (χ0n) is 12.5. The maximum atomic E-state index is 11.8. The lowest BCUT2D eigenvalue weighted by molar-refractivity contribution is 0.0951. The first-order valence-corrected chi connectivity index (χ1v) is 7.67. The Morgan fingerprint density at radius 2 is 2.10 bits per heavy atom. The van der Waals surface area contributed by atoms with Crippen LogP contribution < -0.4 is 10.6 Å². The second-order valence-electron chi connectivity index (χ2n) is 5.70. The van der Waals surface area contributed by atoms with Gasteiger partial charge in [0, 0.05) is 25.0 Å². The summed E-state index contributed by atoms with van der Waals surface area (Å²) in [5, 5.41) is 6.27. The predicted molar refractivity (Wildman–Crippen MR) is 81.9 cm³/mol. The molecular formula is C16H25N3O. The maximum Gasteiger partial charge on any atom is 0.269 e. The molecule has 0 radical (unpaired) electrons. The molecule has 0 atom stereocenters. The van der Waals surface area contributed by atoms with Crippen LogP contribution in [-0.2, 0) is 0 Å². The van der Waals surface area contributed by atoms with Crippen molar-refractivity contribution in [2.75, 3.05) is 18.4 Å². The number of anilines is 1. The lowest BCUT2D eigenvalue weighted by Crippen LogP contribution is -2.26. The van der Waals surface area contributed by atoms with E-state index in [0.29, 0.717) is 17.7 Å². The number of hydrogen-bond acceptors (Lipinski definition) is 3. The highest BCUT2D eigenvalue weighted by molar-refractivity contribution is 5.93. The van der Waals surface area contributed by atoms with E-state index in [9.17, 15) is 4.79 Å². The molecule has 0 unspecified atom stereocenters. The molecule has 4 heteroatoms. The third kappa shape index (κ3) is 3.50. The highest BCUT2D eigenvalue weighted by atomic mass is 16.1. The molecule has 1 fully saturated rings. The molecule has 0 bridgehead atoms. The van der Waals surface area contributed by atoms with Crippen molar-refractivity contribution in [3.05, 3.63) is 24.0 Å². The first-order valence-electron chi connectivity index (χ1n) is 7.67. The Kier molecular flexibility index (Phi) is 4.99. The molecular weight excluding hydrogens is 250 g/mol. The molecule has 0 spiro atoms. The number of pyridine rings is 1. The highest BCUT2D eigenvalue weighted by Crippen LogP contribution is 2.40. The molecule has 1 saturated carbocycles. The van der Waals surface area contributed by atoms with Crippen molar-refractivity contribution in [3.63, 3.8) is 0 Å². The molecule has 20 heavy (non-hydrogen) atoms. The van der Waals surface area contributed by atoms with Crippen molar-refractivity contribution >= 4 is 11.6 Å². The summed E-state index contributed by atoms with van der Waals surface area (Å²) >= 11 is 0. The van der Waals surface area contributed by atoms with Crippen LogP contribution in [0.4, 0.5) is 5.69 Å². The molecule has 110 valence electrons. The van der Waals surface area contributed by atoms with Crippen LogP contribution in [0.25, 0.3) is 0 Å². The minimum atomic E-state index is -0.109. The van der Waals surface area contributed by atoms with E-state index >= 15 is 0 Å². The zero-order chi connectivity index (χ0) is 14.4. The third-order valence-electron chi connectivity index (χ3n) is 4.41. The highest BCUT2D eigenvalue weighted by Gasteiger charge is 2.31. The molecule has 4 nitrogen and oxygen atoms in total. The molecule has 1 aromatic rings. The molecule has 0 aromatic carbocycles. The molecule has 2 rings (SSSR count). The third-order valence-corrected chi connectivity index (χ3v) is 4.41. The van der Waals surface area contributed by atoms with Crippen molar-refractivity contribution in [1.82, 2.24) is 10.3 Å². The van der Waals surface area contributed by atoms with Crippen LogP contribution in [0.15, 0.2) is 18.3 Å². The number of carbonyl (C=O) groups is 1. The van der Waals surface area contributed by atoms with Crippen LogP contribution in [0.1, 0.15) is 56.4 Å². The Balaban J connectivity index is 1.99. The van der Waals surface area contributed by atoms with Gasteiger partial charge in [-0.3, -0.25) is 9.78 Å². The monoisotopic (exact) mass is 275 g/mol. The summed E-state index contributed by atoms with van der Waals surface area (Å²) in [7, 11) is 0. The summed E-state index contributed by atoms with van der Waals surface area (Å²) in [6, 6.07) is 3.77. The lowest BCUT2D eigenvalue weighted by Gasteiger charge is -2.28. The lowest BCUT2D eigenvalue weighted by atomic mass is 9.83. The van der Waals surface area contributed by atoms with E-state index in [-0.39, 0.29) is 5.91 Å². The molecule has 1 heterocycles. The van der Waals surface area contributed by atoms with E-state index < -0.39 is 0 Å². The number of nitrogens with zero attached hydrogens (tertiary/aromatic N) is 1. The minimum absolute atomic E-state index is 0.109. The quantitative estimate of drug-likeness (QED) is 0.838. The SMILES string of the molecule is CCNC(=O)c1cc(NCC2(CC)CCCC2)ccn1. The molecule has 1 aromatic heterocycles. The van der Waals surface area contributed by atoms with Crippen molar-refractivity contribution in [2.24, 2.45) is 5.41 Å². The van der Waals surface area contributed by atoms with Gasteiger partial charge in [0.1, 0.15) is 5.69 Å². The Labute approximate surface area is 121 Å². The largest absolute Gasteiger partial charge is 0.384 e. The van der Waals surface area contributed by atoms with Crippen LogP contribution in [-0.4, -0.2) is 24.0 Å². The van der Waals surface area contributed by atoms with Crippen molar-refractivity contribution < 1.29 is 4.79 Å². The Bertz CT molecular complexity index is 453. The first-order chi connectivity index (χ1) is 9.69. The molecule has 1 aliphatic carbocycles. The van der Waals surface area contributed by atoms with E-state index in [0.717, 1.165) is 12.2 Å². The van der Waals surface area contributed by atoms with E-state index in [1.54, 1.807) is 6.20 Å².